The van der Waals surface area contributed by atoms with Crippen LogP contribution in [0.25, 0.3) is 0 Å². The molecule has 0 aromatic heterocycles. The van der Waals surface area contributed by atoms with Crippen molar-refractivity contribution in [2.75, 3.05) is 20.3 Å². The molecule has 28 heavy (non-hydrogen) atoms. The molecule has 0 aliphatic rings. The van der Waals surface area contributed by atoms with Gasteiger partial charge in [0, 0.05) is 13.0 Å². The second-order valence-corrected chi connectivity index (χ2v) is 6.17. The molecule has 0 bridgehead atoms. The van der Waals surface area contributed by atoms with Crippen LogP contribution in [0.2, 0.25) is 0 Å². The number of amides is 1. The van der Waals surface area contributed by atoms with E-state index in [-0.39, 0.29) is 25.3 Å². The topological polar surface area (TPSA) is 94.1 Å². The minimum Gasteiger partial charge on any atom is -0.493 e. The highest BCUT2D eigenvalue weighted by Gasteiger charge is 2.09. The highest BCUT2D eigenvalue weighted by Crippen LogP contribution is 2.28. The number of rotatable bonds is 11. The monoisotopic (exact) mass is 387 g/mol. The van der Waals surface area contributed by atoms with Gasteiger partial charge in [0.1, 0.15) is 19.0 Å². The maximum absolute atomic E-state index is 11.6. The lowest BCUT2D eigenvalue weighted by molar-refractivity contribution is -0.138. The predicted octanol–water partition coefficient (Wildman–Crippen LogP) is 2.94. The van der Waals surface area contributed by atoms with Gasteiger partial charge < -0.3 is 24.6 Å². The van der Waals surface area contributed by atoms with Crippen molar-refractivity contribution in [1.29, 1.82) is 0 Å². The Morgan fingerprint density at radius 2 is 1.68 bits per heavy atom. The maximum Gasteiger partial charge on any atom is 0.303 e. The van der Waals surface area contributed by atoms with Gasteiger partial charge in [0.2, 0.25) is 5.91 Å². The van der Waals surface area contributed by atoms with E-state index in [1.165, 1.54) is 5.56 Å². The van der Waals surface area contributed by atoms with E-state index in [9.17, 15) is 9.59 Å². The molecule has 0 atom stereocenters. The number of benzene rings is 2. The molecule has 2 N–H and O–H groups in total. The molecule has 2 aromatic carbocycles. The molecule has 7 heteroatoms. The standard InChI is InChI=1S/C21H25NO6/c1-15-3-6-17(7-4-15)27-11-12-28-19-13-16(5-8-18(19)26-2)14-22-20(23)9-10-21(24)25/h3-8,13H,9-12,14H2,1-2H3,(H,22,23)(H,24,25). The van der Waals surface area contributed by atoms with Gasteiger partial charge in [-0.15, -0.1) is 0 Å². The number of aliphatic carboxylic acids is 1. The number of carbonyl (C=O) groups excluding carboxylic acids is 1. The van der Waals surface area contributed by atoms with Gasteiger partial charge in [0.25, 0.3) is 0 Å². The van der Waals surface area contributed by atoms with E-state index in [0.29, 0.717) is 24.7 Å². The smallest absolute Gasteiger partial charge is 0.303 e. The number of methoxy groups -OCH3 is 1. The van der Waals surface area contributed by atoms with Crippen molar-refractivity contribution in [2.24, 2.45) is 0 Å². The van der Waals surface area contributed by atoms with Gasteiger partial charge in [0.05, 0.1) is 13.5 Å². The first-order chi connectivity index (χ1) is 13.5. The van der Waals surface area contributed by atoms with E-state index < -0.39 is 5.97 Å². The summed E-state index contributed by atoms with van der Waals surface area (Å²) < 4.78 is 16.7. The number of carboxylic acid groups (broad SMARTS) is 1. The summed E-state index contributed by atoms with van der Waals surface area (Å²) in [6.07, 6.45) is -0.241. The molecule has 1 amide bonds. The average molecular weight is 387 g/mol. The van der Waals surface area contributed by atoms with Crippen molar-refractivity contribution in [1.82, 2.24) is 5.32 Å². The molecule has 0 heterocycles. The van der Waals surface area contributed by atoms with Gasteiger partial charge in [-0.05, 0) is 36.8 Å². The van der Waals surface area contributed by atoms with Crippen LogP contribution in [0.1, 0.15) is 24.0 Å². The van der Waals surface area contributed by atoms with Gasteiger partial charge in [-0.2, -0.15) is 0 Å². The van der Waals surface area contributed by atoms with Crippen molar-refractivity contribution in [3.05, 3.63) is 53.6 Å². The van der Waals surface area contributed by atoms with Gasteiger partial charge in [0.15, 0.2) is 11.5 Å². The van der Waals surface area contributed by atoms with Crippen LogP contribution in [0.4, 0.5) is 0 Å². The van der Waals surface area contributed by atoms with E-state index in [1.807, 2.05) is 37.3 Å². The number of hydrogen-bond acceptors (Lipinski definition) is 5. The van der Waals surface area contributed by atoms with E-state index >= 15 is 0 Å². The Morgan fingerprint density at radius 3 is 2.36 bits per heavy atom. The molecular weight excluding hydrogens is 362 g/mol. The largest absolute Gasteiger partial charge is 0.493 e. The Balaban J connectivity index is 1.84. The fourth-order valence-electron chi connectivity index (χ4n) is 2.40. The number of carboxylic acids is 1. The van der Waals surface area contributed by atoms with Crippen molar-refractivity contribution in [2.45, 2.75) is 26.3 Å². The van der Waals surface area contributed by atoms with Crippen molar-refractivity contribution in [3.63, 3.8) is 0 Å². The summed E-state index contributed by atoms with van der Waals surface area (Å²) in [7, 11) is 1.55. The first-order valence-corrected chi connectivity index (χ1v) is 8.95. The number of nitrogens with one attached hydrogen (secondary N) is 1. The summed E-state index contributed by atoms with van der Waals surface area (Å²) >= 11 is 0. The zero-order valence-corrected chi connectivity index (χ0v) is 16.1. The van der Waals surface area contributed by atoms with Crippen LogP contribution in [0.15, 0.2) is 42.5 Å². The third kappa shape index (κ3) is 7.19. The van der Waals surface area contributed by atoms with E-state index in [2.05, 4.69) is 5.32 Å². The van der Waals surface area contributed by atoms with Crippen LogP contribution in [0.3, 0.4) is 0 Å². The summed E-state index contributed by atoms with van der Waals surface area (Å²) in [6.45, 7) is 3.00. The molecule has 0 aliphatic carbocycles. The first-order valence-electron chi connectivity index (χ1n) is 8.95. The number of hydrogen-bond donors (Lipinski definition) is 2. The molecule has 0 unspecified atom stereocenters. The Bertz CT molecular complexity index is 788. The molecule has 150 valence electrons. The Kier molecular flexibility index (Phi) is 8.14. The summed E-state index contributed by atoms with van der Waals surface area (Å²) in [4.78, 5) is 22.2. The second-order valence-electron chi connectivity index (χ2n) is 6.17. The molecule has 7 nitrogen and oxygen atoms in total. The van der Waals surface area contributed by atoms with Crippen LogP contribution >= 0.6 is 0 Å². The van der Waals surface area contributed by atoms with Gasteiger partial charge in [-0.1, -0.05) is 23.8 Å². The highest BCUT2D eigenvalue weighted by molar-refractivity contribution is 5.80. The fourth-order valence-corrected chi connectivity index (χ4v) is 2.40. The maximum atomic E-state index is 11.6. The summed E-state index contributed by atoms with van der Waals surface area (Å²) in [5.74, 6) is 0.595. The summed E-state index contributed by atoms with van der Waals surface area (Å²) in [6, 6.07) is 13.1. The lowest BCUT2D eigenvalue weighted by atomic mass is 10.2. The molecular formula is C21H25NO6. The fraction of sp³-hybridized carbons (Fsp3) is 0.333. The van der Waals surface area contributed by atoms with Crippen LogP contribution in [0.5, 0.6) is 17.2 Å². The Labute approximate surface area is 164 Å². The van der Waals surface area contributed by atoms with E-state index in [0.717, 1.165) is 11.3 Å². The molecule has 0 aliphatic heterocycles. The van der Waals surface area contributed by atoms with Gasteiger partial charge in [-0.25, -0.2) is 0 Å². The number of ether oxygens (including phenoxy) is 3. The number of carbonyl (C=O) groups is 2. The van der Waals surface area contributed by atoms with Crippen molar-refractivity contribution in [3.8, 4) is 17.2 Å². The van der Waals surface area contributed by atoms with E-state index in [1.54, 1.807) is 19.2 Å². The first kappa shape index (κ1) is 21.1. The quantitative estimate of drug-likeness (QED) is 0.576. The van der Waals surface area contributed by atoms with Crippen LogP contribution in [-0.2, 0) is 16.1 Å². The molecule has 0 saturated carbocycles. The summed E-state index contributed by atoms with van der Waals surface area (Å²) in [5.41, 5.74) is 1.99. The third-order valence-corrected chi connectivity index (χ3v) is 3.91. The van der Waals surface area contributed by atoms with Crippen LogP contribution in [-0.4, -0.2) is 37.3 Å². The number of aryl methyl sites for hydroxylation is 1. The average Bonchev–Trinajstić information content (AvgIpc) is 2.69. The molecule has 2 rings (SSSR count). The third-order valence-electron chi connectivity index (χ3n) is 3.91. The molecule has 0 fully saturated rings. The minimum absolute atomic E-state index is 0.0504. The molecule has 2 aromatic rings. The minimum atomic E-state index is -0.997. The molecule has 0 radical (unpaired) electrons. The zero-order valence-electron chi connectivity index (χ0n) is 16.1. The van der Waals surface area contributed by atoms with Crippen LogP contribution < -0.4 is 19.5 Å². The predicted molar refractivity (Wildman–Crippen MR) is 104 cm³/mol. The normalized spacial score (nSPS) is 10.2. The Hall–Kier alpha value is -3.22. The van der Waals surface area contributed by atoms with Crippen LogP contribution in [0, 0.1) is 6.92 Å². The molecule has 0 saturated heterocycles. The SMILES string of the molecule is COc1ccc(CNC(=O)CCC(=O)O)cc1OCCOc1ccc(C)cc1. The van der Waals surface area contributed by atoms with Gasteiger partial charge in [-0.3, -0.25) is 9.59 Å². The zero-order chi connectivity index (χ0) is 20.4. The lowest BCUT2D eigenvalue weighted by Crippen LogP contribution is -2.23. The lowest BCUT2D eigenvalue weighted by Gasteiger charge is -2.13. The van der Waals surface area contributed by atoms with E-state index in [4.69, 9.17) is 19.3 Å². The molecule has 0 spiro atoms. The second kappa shape index (κ2) is 10.8. The summed E-state index contributed by atoms with van der Waals surface area (Å²) in [5, 5.41) is 11.3. The highest BCUT2D eigenvalue weighted by atomic mass is 16.5. The van der Waals surface area contributed by atoms with Crippen molar-refractivity contribution < 1.29 is 28.9 Å². The van der Waals surface area contributed by atoms with Gasteiger partial charge >= 0.3 is 5.97 Å². The Morgan fingerprint density at radius 1 is 0.964 bits per heavy atom. The van der Waals surface area contributed by atoms with Crippen molar-refractivity contribution >= 4 is 11.9 Å².